The molecule has 0 N–H and O–H groups in total. The summed E-state index contributed by atoms with van der Waals surface area (Å²) in [7, 11) is -2.56. The Morgan fingerprint density at radius 1 is 1.33 bits per heavy atom. The summed E-state index contributed by atoms with van der Waals surface area (Å²) >= 11 is 0. The molecule has 0 unspecified atom stereocenters. The van der Waals surface area contributed by atoms with Gasteiger partial charge in [-0.1, -0.05) is 0 Å². The topological polar surface area (TPSA) is 47.6 Å². The maximum atomic E-state index is 11.4. The standard InChI is InChI=1S/C4H3BF2N2/c6-5(7)1-4(2-8)3-9/h4H,1H2. The number of rotatable bonds is 2. The number of nitrogens with zero attached hydrogens (tertiary/aromatic N) is 2. The lowest BCUT2D eigenvalue weighted by molar-refractivity contribution is 0.639. The van der Waals surface area contributed by atoms with E-state index in [9.17, 15) is 8.63 Å². The van der Waals surface area contributed by atoms with Gasteiger partial charge in [0.2, 0.25) is 0 Å². The highest BCUT2D eigenvalue weighted by Gasteiger charge is 2.19. The molecule has 46 valence electrons. The molecule has 0 aromatic rings. The second-order valence-electron chi connectivity index (χ2n) is 1.44. The summed E-state index contributed by atoms with van der Waals surface area (Å²) in [5.41, 5.74) is 0. The summed E-state index contributed by atoms with van der Waals surface area (Å²) in [6.07, 6.45) is -0.646. The second kappa shape index (κ2) is 3.85. The van der Waals surface area contributed by atoms with Crippen molar-refractivity contribution in [1.82, 2.24) is 0 Å². The van der Waals surface area contributed by atoms with Crippen LogP contribution in [0.15, 0.2) is 0 Å². The number of hydrogen-bond donors (Lipinski definition) is 0. The molecule has 0 aliphatic rings. The van der Waals surface area contributed by atoms with E-state index in [-0.39, 0.29) is 0 Å². The third-order valence-electron chi connectivity index (χ3n) is 0.726. The lowest BCUT2D eigenvalue weighted by Crippen LogP contribution is -2.03. The van der Waals surface area contributed by atoms with E-state index in [1.165, 1.54) is 12.1 Å². The van der Waals surface area contributed by atoms with E-state index >= 15 is 0 Å². The summed E-state index contributed by atoms with van der Waals surface area (Å²) in [6, 6.07) is 2.88. The molecule has 0 aliphatic carbocycles. The van der Waals surface area contributed by atoms with E-state index in [2.05, 4.69) is 0 Å². The van der Waals surface area contributed by atoms with E-state index < -0.39 is 19.5 Å². The molecule has 0 atom stereocenters. The molecule has 2 nitrogen and oxygen atoms in total. The highest BCUT2D eigenvalue weighted by atomic mass is 19.2. The van der Waals surface area contributed by atoms with Gasteiger partial charge in [0.25, 0.3) is 0 Å². The van der Waals surface area contributed by atoms with E-state index in [0.717, 1.165) is 0 Å². The molecular weight excluding hydrogens is 125 g/mol. The highest BCUT2D eigenvalue weighted by molar-refractivity contribution is 6.42. The molecule has 0 spiro atoms. The molecule has 0 aliphatic heterocycles. The molecule has 0 radical (unpaired) electrons. The Balaban J connectivity index is 3.64. The average molecular weight is 128 g/mol. The van der Waals surface area contributed by atoms with Crippen molar-refractivity contribution >= 4 is 7.27 Å². The van der Waals surface area contributed by atoms with Crippen LogP contribution in [0.4, 0.5) is 8.63 Å². The van der Waals surface area contributed by atoms with Crippen LogP contribution < -0.4 is 0 Å². The number of hydrogen-bond acceptors (Lipinski definition) is 2. The average Bonchev–Trinajstić information content (AvgIpc) is 1.82. The van der Waals surface area contributed by atoms with Crippen molar-refractivity contribution < 1.29 is 8.63 Å². The zero-order valence-electron chi connectivity index (χ0n) is 4.51. The molecular formula is C4H3BF2N2. The van der Waals surface area contributed by atoms with Crippen LogP contribution in [0.3, 0.4) is 0 Å². The molecule has 0 amide bonds. The van der Waals surface area contributed by atoms with Gasteiger partial charge in [-0.25, -0.2) is 0 Å². The highest BCUT2D eigenvalue weighted by Crippen LogP contribution is 2.06. The van der Waals surface area contributed by atoms with Crippen molar-refractivity contribution in [1.29, 1.82) is 10.5 Å². The van der Waals surface area contributed by atoms with Gasteiger partial charge in [-0.2, -0.15) is 10.5 Å². The third-order valence-corrected chi connectivity index (χ3v) is 0.726. The van der Waals surface area contributed by atoms with Crippen molar-refractivity contribution in [3.05, 3.63) is 0 Å². The van der Waals surface area contributed by atoms with Crippen LogP contribution in [0.25, 0.3) is 0 Å². The second-order valence-corrected chi connectivity index (χ2v) is 1.44. The molecule has 0 aromatic heterocycles. The quantitative estimate of drug-likeness (QED) is 0.522. The minimum Gasteiger partial charge on any atom is -0.287 e. The monoisotopic (exact) mass is 128 g/mol. The van der Waals surface area contributed by atoms with E-state index in [4.69, 9.17) is 10.5 Å². The van der Waals surface area contributed by atoms with E-state index in [1.54, 1.807) is 0 Å². The van der Waals surface area contributed by atoms with Crippen LogP contribution in [-0.2, 0) is 0 Å². The molecule has 0 fully saturated rings. The van der Waals surface area contributed by atoms with Gasteiger partial charge in [0.05, 0.1) is 12.1 Å². The Morgan fingerprint density at radius 2 is 1.78 bits per heavy atom. The van der Waals surface area contributed by atoms with Gasteiger partial charge >= 0.3 is 7.27 Å². The molecule has 0 bridgehead atoms. The molecule has 0 saturated carbocycles. The molecule has 0 heterocycles. The van der Waals surface area contributed by atoms with Crippen molar-refractivity contribution in [3.8, 4) is 12.1 Å². The van der Waals surface area contributed by atoms with Gasteiger partial charge in [0.1, 0.15) is 5.92 Å². The minimum absolute atomic E-state index is 0.646. The SMILES string of the molecule is N#CC(C#N)CB(F)F. The predicted octanol–water partition coefficient (Wildman–Crippen LogP) is 1.08. The summed E-state index contributed by atoms with van der Waals surface area (Å²) in [5.74, 6) is -1.16. The summed E-state index contributed by atoms with van der Waals surface area (Å²) in [5, 5.41) is 15.9. The Bertz CT molecular complexity index is 143. The molecule has 0 saturated heterocycles. The lowest BCUT2D eigenvalue weighted by Gasteiger charge is -1.90. The normalized spacial score (nSPS) is 8.11. The van der Waals surface area contributed by atoms with Gasteiger partial charge in [0, 0.05) is 6.32 Å². The van der Waals surface area contributed by atoms with E-state index in [0.29, 0.717) is 0 Å². The zero-order chi connectivity index (χ0) is 7.28. The smallest absolute Gasteiger partial charge is 0.287 e. The Morgan fingerprint density at radius 3 is 1.89 bits per heavy atom. The van der Waals surface area contributed by atoms with Crippen molar-refractivity contribution in [3.63, 3.8) is 0 Å². The molecule has 0 aromatic carbocycles. The molecule has 5 heteroatoms. The van der Waals surface area contributed by atoms with Gasteiger partial charge in [-0.05, 0) is 0 Å². The Kier molecular flexibility index (Phi) is 3.38. The Hall–Kier alpha value is -1.10. The van der Waals surface area contributed by atoms with Gasteiger partial charge in [-0.15, -0.1) is 0 Å². The fraction of sp³-hybridized carbons (Fsp3) is 0.500. The van der Waals surface area contributed by atoms with Crippen molar-refractivity contribution in [2.45, 2.75) is 6.32 Å². The maximum Gasteiger partial charge on any atom is 0.540 e. The van der Waals surface area contributed by atoms with Gasteiger partial charge in [-0.3, -0.25) is 8.63 Å². The maximum absolute atomic E-state index is 11.4. The van der Waals surface area contributed by atoms with E-state index in [1.807, 2.05) is 0 Å². The van der Waals surface area contributed by atoms with Crippen LogP contribution in [0.2, 0.25) is 6.32 Å². The first-order valence-corrected chi connectivity index (χ1v) is 2.28. The third kappa shape index (κ3) is 3.48. The largest absolute Gasteiger partial charge is 0.540 e. The Labute approximate surface area is 51.9 Å². The van der Waals surface area contributed by atoms with Crippen LogP contribution >= 0.6 is 0 Å². The van der Waals surface area contributed by atoms with Gasteiger partial charge < -0.3 is 0 Å². The fourth-order valence-corrected chi connectivity index (χ4v) is 0.312. The van der Waals surface area contributed by atoms with Crippen molar-refractivity contribution in [2.24, 2.45) is 5.92 Å². The van der Waals surface area contributed by atoms with Crippen LogP contribution in [0.1, 0.15) is 0 Å². The number of halogens is 2. The van der Waals surface area contributed by atoms with Crippen LogP contribution in [0, 0.1) is 28.6 Å². The predicted molar refractivity (Wildman–Crippen MR) is 27.5 cm³/mol. The minimum atomic E-state index is -2.56. The first-order chi connectivity index (χ1) is 4.20. The van der Waals surface area contributed by atoms with Crippen LogP contribution in [-0.4, -0.2) is 7.27 Å². The van der Waals surface area contributed by atoms with Gasteiger partial charge in [0.15, 0.2) is 0 Å². The fourth-order valence-electron chi connectivity index (χ4n) is 0.312. The zero-order valence-corrected chi connectivity index (χ0v) is 4.51. The lowest BCUT2D eigenvalue weighted by atomic mass is 9.85. The van der Waals surface area contributed by atoms with Crippen molar-refractivity contribution in [2.75, 3.05) is 0 Å². The molecule has 9 heavy (non-hydrogen) atoms. The summed E-state index contributed by atoms with van der Waals surface area (Å²) in [6.45, 7) is 0. The first kappa shape index (κ1) is 7.90. The molecule has 0 rings (SSSR count). The number of nitriles is 2. The first-order valence-electron chi connectivity index (χ1n) is 2.28. The summed E-state index contributed by atoms with van der Waals surface area (Å²) in [4.78, 5) is 0. The van der Waals surface area contributed by atoms with Crippen LogP contribution in [0.5, 0.6) is 0 Å². The summed E-state index contributed by atoms with van der Waals surface area (Å²) < 4.78 is 22.7.